The van der Waals surface area contributed by atoms with E-state index in [0.29, 0.717) is 25.3 Å². The van der Waals surface area contributed by atoms with Crippen molar-refractivity contribution in [2.75, 3.05) is 19.8 Å². The third kappa shape index (κ3) is 3.31. The maximum Gasteiger partial charge on any atom is 0.251 e. The molecule has 0 spiro atoms. The van der Waals surface area contributed by atoms with Crippen LogP contribution in [0.3, 0.4) is 0 Å². The van der Waals surface area contributed by atoms with E-state index in [1.54, 1.807) is 6.20 Å². The van der Waals surface area contributed by atoms with Crippen LogP contribution in [0.1, 0.15) is 41.6 Å². The van der Waals surface area contributed by atoms with Gasteiger partial charge in [0.05, 0.1) is 5.52 Å². The molecular weight excluding hydrogens is 364 g/mol. The fourth-order valence-electron chi connectivity index (χ4n) is 4.64. The van der Waals surface area contributed by atoms with Crippen LogP contribution in [0.2, 0.25) is 0 Å². The number of amides is 1. The average Bonchev–Trinajstić information content (AvgIpc) is 3.27. The molecule has 2 aromatic carbocycles. The minimum atomic E-state index is -0.0612. The molecule has 29 heavy (non-hydrogen) atoms. The molecule has 1 aliphatic heterocycles. The van der Waals surface area contributed by atoms with Crippen molar-refractivity contribution in [2.24, 2.45) is 0 Å². The molecule has 1 fully saturated rings. The molecule has 0 bridgehead atoms. The zero-order valence-corrected chi connectivity index (χ0v) is 16.3. The van der Waals surface area contributed by atoms with Crippen LogP contribution in [0, 0.1) is 0 Å². The van der Waals surface area contributed by atoms with Crippen LogP contribution in [0.5, 0.6) is 11.5 Å². The number of fused-ring (bicyclic) bond motifs is 2. The molecule has 5 rings (SSSR count). The zero-order valence-electron chi connectivity index (χ0n) is 16.3. The molecule has 1 aromatic heterocycles. The number of nitrogens with zero attached hydrogens (tertiary/aromatic N) is 1. The van der Waals surface area contributed by atoms with E-state index in [2.05, 4.69) is 22.4 Å². The van der Waals surface area contributed by atoms with E-state index >= 15 is 0 Å². The van der Waals surface area contributed by atoms with Gasteiger partial charge in [0.2, 0.25) is 0 Å². The second-order valence-electron chi connectivity index (χ2n) is 7.90. The Labute approximate surface area is 170 Å². The summed E-state index contributed by atoms with van der Waals surface area (Å²) in [7, 11) is 0. The average molecular weight is 388 g/mol. The smallest absolute Gasteiger partial charge is 0.251 e. The van der Waals surface area contributed by atoms with Gasteiger partial charge in [-0.1, -0.05) is 31.0 Å². The fourth-order valence-corrected chi connectivity index (χ4v) is 4.64. The summed E-state index contributed by atoms with van der Waals surface area (Å²) < 4.78 is 11.5. The highest BCUT2D eigenvalue weighted by Crippen LogP contribution is 2.43. The predicted octanol–water partition coefficient (Wildman–Crippen LogP) is 4.25. The molecule has 5 nitrogen and oxygen atoms in total. The van der Waals surface area contributed by atoms with Crippen molar-refractivity contribution in [3.05, 3.63) is 65.9 Å². The second kappa shape index (κ2) is 7.39. The topological polar surface area (TPSA) is 60.5 Å². The van der Waals surface area contributed by atoms with Gasteiger partial charge in [-0.3, -0.25) is 9.78 Å². The lowest BCUT2D eigenvalue weighted by atomic mass is 9.78. The van der Waals surface area contributed by atoms with E-state index in [1.165, 1.54) is 18.4 Å². The summed E-state index contributed by atoms with van der Waals surface area (Å²) in [6.45, 7) is 1.78. The molecule has 0 radical (unpaired) electrons. The van der Waals surface area contributed by atoms with Crippen molar-refractivity contribution in [3.8, 4) is 11.5 Å². The van der Waals surface area contributed by atoms with Crippen LogP contribution in [0.15, 0.2) is 54.7 Å². The van der Waals surface area contributed by atoms with Gasteiger partial charge in [-0.25, -0.2) is 0 Å². The number of benzene rings is 2. The minimum absolute atomic E-state index is 0.0487. The summed E-state index contributed by atoms with van der Waals surface area (Å²) in [6, 6.07) is 15.7. The number of rotatable bonds is 4. The predicted molar refractivity (Wildman–Crippen MR) is 112 cm³/mol. The van der Waals surface area contributed by atoms with Gasteiger partial charge in [0.25, 0.3) is 5.91 Å². The van der Waals surface area contributed by atoms with Gasteiger partial charge in [-0.05, 0) is 48.7 Å². The maximum atomic E-state index is 13.0. The first-order valence-electron chi connectivity index (χ1n) is 10.3. The van der Waals surface area contributed by atoms with Crippen LogP contribution in [-0.4, -0.2) is 30.6 Å². The van der Waals surface area contributed by atoms with Gasteiger partial charge >= 0.3 is 0 Å². The van der Waals surface area contributed by atoms with E-state index in [9.17, 15) is 4.79 Å². The van der Waals surface area contributed by atoms with Gasteiger partial charge in [0, 0.05) is 29.1 Å². The van der Waals surface area contributed by atoms with Gasteiger partial charge < -0.3 is 14.8 Å². The van der Waals surface area contributed by atoms with E-state index < -0.39 is 0 Å². The van der Waals surface area contributed by atoms with Crippen LogP contribution < -0.4 is 14.8 Å². The molecule has 0 saturated heterocycles. The van der Waals surface area contributed by atoms with Gasteiger partial charge in [0.1, 0.15) is 13.2 Å². The van der Waals surface area contributed by atoms with E-state index in [-0.39, 0.29) is 11.3 Å². The van der Waals surface area contributed by atoms with Gasteiger partial charge in [-0.2, -0.15) is 0 Å². The highest BCUT2D eigenvalue weighted by molar-refractivity contribution is 6.06. The van der Waals surface area contributed by atoms with E-state index in [4.69, 9.17) is 9.47 Å². The molecule has 0 unspecified atom stereocenters. The molecule has 1 N–H and O–H groups in total. The molecule has 1 saturated carbocycles. The Hall–Kier alpha value is -3.08. The van der Waals surface area contributed by atoms with E-state index in [0.717, 1.165) is 35.2 Å². The van der Waals surface area contributed by atoms with Gasteiger partial charge in [0.15, 0.2) is 11.5 Å². The lowest BCUT2D eigenvalue weighted by Crippen LogP contribution is -2.39. The number of hydrogen-bond acceptors (Lipinski definition) is 4. The van der Waals surface area contributed by atoms with Crippen LogP contribution >= 0.6 is 0 Å². The van der Waals surface area contributed by atoms with Crippen molar-refractivity contribution in [1.29, 1.82) is 0 Å². The van der Waals surface area contributed by atoms with Crippen LogP contribution in [0.25, 0.3) is 10.9 Å². The van der Waals surface area contributed by atoms with E-state index in [1.807, 2.05) is 36.4 Å². The summed E-state index contributed by atoms with van der Waals surface area (Å²) in [4.78, 5) is 17.4. The summed E-state index contributed by atoms with van der Waals surface area (Å²) in [5.74, 6) is 1.57. The van der Waals surface area contributed by atoms with Crippen LogP contribution in [-0.2, 0) is 5.41 Å². The molecule has 3 aromatic rings. The Balaban J connectivity index is 1.41. The summed E-state index contributed by atoms with van der Waals surface area (Å²) in [5.41, 5.74) is 2.67. The molecule has 5 heteroatoms. The number of nitrogens with one attached hydrogen (secondary N) is 1. The highest BCUT2D eigenvalue weighted by atomic mass is 16.6. The summed E-state index contributed by atoms with van der Waals surface area (Å²) in [5, 5.41) is 4.10. The van der Waals surface area contributed by atoms with Crippen molar-refractivity contribution in [1.82, 2.24) is 10.3 Å². The third-order valence-corrected chi connectivity index (χ3v) is 6.19. The fraction of sp³-hybridized carbons (Fsp3) is 0.333. The number of carbonyl (C=O) groups is 1. The minimum Gasteiger partial charge on any atom is -0.486 e. The molecule has 1 amide bonds. The number of pyridine rings is 1. The zero-order chi connectivity index (χ0) is 19.7. The molecule has 2 aliphatic rings. The first-order valence-corrected chi connectivity index (χ1v) is 10.3. The van der Waals surface area contributed by atoms with Crippen molar-refractivity contribution in [3.63, 3.8) is 0 Å². The second-order valence-corrected chi connectivity index (χ2v) is 7.90. The first-order chi connectivity index (χ1) is 14.3. The Bertz CT molecular complexity index is 1050. The summed E-state index contributed by atoms with van der Waals surface area (Å²) >= 11 is 0. The largest absolute Gasteiger partial charge is 0.486 e. The lowest BCUT2D eigenvalue weighted by molar-refractivity contribution is 0.0944. The molecule has 0 atom stereocenters. The number of carbonyl (C=O) groups excluding carboxylic acids is 1. The monoisotopic (exact) mass is 388 g/mol. The van der Waals surface area contributed by atoms with Crippen LogP contribution in [0.4, 0.5) is 0 Å². The van der Waals surface area contributed by atoms with Crippen molar-refractivity contribution >= 4 is 16.8 Å². The Morgan fingerprint density at radius 2 is 1.83 bits per heavy atom. The Morgan fingerprint density at radius 1 is 1.00 bits per heavy atom. The number of hydrogen-bond donors (Lipinski definition) is 1. The van der Waals surface area contributed by atoms with Crippen molar-refractivity contribution < 1.29 is 14.3 Å². The molecule has 148 valence electrons. The maximum absolute atomic E-state index is 13.0. The highest BCUT2D eigenvalue weighted by Gasteiger charge is 2.37. The lowest BCUT2D eigenvalue weighted by Gasteiger charge is -2.31. The summed E-state index contributed by atoms with van der Waals surface area (Å²) in [6.07, 6.45) is 6.21. The Morgan fingerprint density at radius 3 is 2.69 bits per heavy atom. The third-order valence-electron chi connectivity index (χ3n) is 6.19. The van der Waals surface area contributed by atoms with Crippen molar-refractivity contribution in [2.45, 2.75) is 31.1 Å². The Kier molecular flexibility index (Phi) is 4.58. The quantitative estimate of drug-likeness (QED) is 0.726. The standard InChI is InChI=1S/C24H24N2O3/c27-23(19-5-3-7-20-18(19)6-4-12-25-20)26-16-24(10-1-2-11-24)17-8-9-21-22(15-17)29-14-13-28-21/h3-9,12,15H,1-2,10-11,13-14,16H2,(H,26,27). The first kappa shape index (κ1) is 18.0. The number of ether oxygens (including phenoxy) is 2. The molecule has 2 heterocycles. The normalized spacial score (nSPS) is 17.2. The number of aromatic nitrogens is 1. The molecule has 1 aliphatic carbocycles. The van der Waals surface area contributed by atoms with Gasteiger partial charge in [-0.15, -0.1) is 0 Å². The molecular formula is C24H24N2O3. The SMILES string of the molecule is O=C(NCC1(c2ccc3c(c2)OCCO3)CCCC1)c1cccc2ncccc12.